The Bertz CT molecular complexity index is 317. The Morgan fingerprint density at radius 3 is 3.00 bits per heavy atom. The maximum atomic E-state index is 5.79. The van der Waals surface area contributed by atoms with Crippen molar-refractivity contribution in [3.05, 3.63) is 34.9 Å². The van der Waals surface area contributed by atoms with Crippen LogP contribution in [0.25, 0.3) is 0 Å². The predicted octanol–water partition coefficient (Wildman–Crippen LogP) is 2.63. The topological polar surface area (TPSA) is 26.0 Å². The lowest BCUT2D eigenvalue weighted by Crippen LogP contribution is -2.18. The van der Waals surface area contributed by atoms with Crippen LogP contribution in [0, 0.1) is 0 Å². The summed E-state index contributed by atoms with van der Waals surface area (Å²) in [5, 5.41) is 0. The Morgan fingerprint density at radius 1 is 1.43 bits per heavy atom. The molecule has 1 aromatic carbocycles. The minimum atomic E-state index is 0.615. The number of nitrogens with two attached hydrogens (primary N) is 1. The van der Waals surface area contributed by atoms with Crippen LogP contribution in [0.5, 0.6) is 0 Å². The third-order valence-electron chi connectivity index (χ3n) is 3.34. The molecular formula is C13H19N. The average Bonchev–Trinajstić information content (AvgIpc) is 2.27. The van der Waals surface area contributed by atoms with Crippen molar-refractivity contribution in [1.29, 1.82) is 0 Å². The summed E-state index contributed by atoms with van der Waals surface area (Å²) in [6.45, 7) is 3.02. The normalized spacial score (nSPS) is 20.6. The number of rotatable bonds is 2. The van der Waals surface area contributed by atoms with Crippen molar-refractivity contribution in [2.45, 2.75) is 38.5 Å². The van der Waals surface area contributed by atoms with Gasteiger partial charge in [0.1, 0.15) is 0 Å². The highest BCUT2D eigenvalue weighted by atomic mass is 14.6. The van der Waals surface area contributed by atoms with Crippen molar-refractivity contribution in [2.24, 2.45) is 5.73 Å². The molecule has 0 saturated heterocycles. The van der Waals surface area contributed by atoms with E-state index in [0.29, 0.717) is 5.92 Å². The third kappa shape index (κ3) is 1.69. The standard InChI is InChI=1S/C13H19N/c1-2-10-6-7-13-11(8-10)4-3-5-12(13)9-14/h6-8,12H,2-5,9,14H2,1H3. The van der Waals surface area contributed by atoms with Crippen LogP contribution in [0.3, 0.4) is 0 Å². The molecule has 1 aromatic rings. The van der Waals surface area contributed by atoms with E-state index in [1.165, 1.54) is 30.4 Å². The van der Waals surface area contributed by atoms with Gasteiger partial charge in [-0.2, -0.15) is 0 Å². The van der Waals surface area contributed by atoms with Gasteiger partial charge in [-0.05, 0) is 54.8 Å². The van der Waals surface area contributed by atoms with Gasteiger partial charge in [0.25, 0.3) is 0 Å². The van der Waals surface area contributed by atoms with Crippen molar-refractivity contribution in [1.82, 2.24) is 0 Å². The Hall–Kier alpha value is -0.820. The van der Waals surface area contributed by atoms with Gasteiger partial charge in [0, 0.05) is 0 Å². The predicted molar refractivity (Wildman–Crippen MR) is 60.6 cm³/mol. The molecular weight excluding hydrogens is 170 g/mol. The van der Waals surface area contributed by atoms with Crippen LogP contribution in [0.4, 0.5) is 0 Å². The molecule has 1 aliphatic rings. The van der Waals surface area contributed by atoms with Crippen LogP contribution >= 0.6 is 0 Å². The van der Waals surface area contributed by atoms with Gasteiger partial charge in [-0.15, -0.1) is 0 Å². The van der Waals surface area contributed by atoms with Crippen molar-refractivity contribution in [3.8, 4) is 0 Å². The van der Waals surface area contributed by atoms with E-state index in [4.69, 9.17) is 5.73 Å². The SMILES string of the molecule is CCc1ccc2c(c1)CCCC2CN. The van der Waals surface area contributed by atoms with Crippen molar-refractivity contribution < 1.29 is 0 Å². The molecule has 1 unspecified atom stereocenters. The van der Waals surface area contributed by atoms with Crippen LogP contribution in [-0.2, 0) is 12.8 Å². The van der Waals surface area contributed by atoms with Gasteiger partial charge >= 0.3 is 0 Å². The van der Waals surface area contributed by atoms with E-state index in [9.17, 15) is 0 Å². The van der Waals surface area contributed by atoms with Crippen molar-refractivity contribution in [3.63, 3.8) is 0 Å². The maximum Gasteiger partial charge on any atom is -0.000813 e. The molecule has 0 saturated carbocycles. The fraction of sp³-hybridized carbons (Fsp3) is 0.538. The molecule has 0 fully saturated rings. The van der Waals surface area contributed by atoms with E-state index in [0.717, 1.165) is 13.0 Å². The van der Waals surface area contributed by atoms with Crippen LogP contribution in [-0.4, -0.2) is 6.54 Å². The highest BCUT2D eigenvalue weighted by molar-refractivity contribution is 5.36. The van der Waals surface area contributed by atoms with E-state index >= 15 is 0 Å². The van der Waals surface area contributed by atoms with Crippen LogP contribution in [0.2, 0.25) is 0 Å². The molecule has 0 spiro atoms. The molecule has 0 bridgehead atoms. The molecule has 2 N–H and O–H groups in total. The summed E-state index contributed by atoms with van der Waals surface area (Å²) in [5.41, 5.74) is 10.3. The number of fused-ring (bicyclic) bond motifs is 1. The molecule has 76 valence electrons. The van der Waals surface area contributed by atoms with E-state index in [-0.39, 0.29) is 0 Å². The summed E-state index contributed by atoms with van der Waals surface area (Å²) in [5.74, 6) is 0.615. The highest BCUT2D eigenvalue weighted by Gasteiger charge is 2.18. The van der Waals surface area contributed by atoms with Gasteiger partial charge in [-0.25, -0.2) is 0 Å². The first kappa shape index (κ1) is 9.72. The second kappa shape index (κ2) is 4.14. The molecule has 14 heavy (non-hydrogen) atoms. The van der Waals surface area contributed by atoms with Gasteiger partial charge in [0.2, 0.25) is 0 Å². The first-order valence-corrected chi connectivity index (χ1v) is 5.67. The summed E-state index contributed by atoms with van der Waals surface area (Å²) in [6, 6.07) is 6.93. The van der Waals surface area contributed by atoms with Crippen LogP contribution in [0.1, 0.15) is 42.4 Å². The van der Waals surface area contributed by atoms with Crippen LogP contribution < -0.4 is 5.73 Å². The molecule has 0 aliphatic heterocycles. The minimum absolute atomic E-state index is 0.615. The minimum Gasteiger partial charge on any atom is -0.330 e. The fourth-order valence-corrected chi connectivity index (χ4v) is 2.43. The highest BCUT2D eigenvalue weighted by Crippen LogP contribution is 2.31. The number of hydrogen-bond acceptors (Lipinski definition) is 1. The zero-order chi connectivity index (χ0) is 9.97. The summed E-state index contributed by atoms with van der Waals surface area (Å²) < 4.78 is 0. The molecule has 1 atom stereocenters. The molecule has 0 amide bonds. The molecule has 0 radical (unpaired) electrons. The zero-order valence-corrected chi connectivity index (χ0v) is 8.92. The number of hydrogen-bond donors (Lipinski definition) is 1. The summed E-state index contributed by atoms with van der Waals surface area (Å²) in [6.07, 6.45) is 4.97. The molecule has 0 aromatic heterocycles. The van der Waals surface area contributed by atoms with Gasteiger partial charge in [0.15, 0.2) is 0 Å². The Labute approximate surface area is 86.3 Å². The lowest BCUT2D eigenvalue weighted by molar-refractivity contribution is 0.560. The molecule has 0 heterocycles. The second-order valence-electron chi connectivity index (χ2n) is 4.21. The maximum absolute atomic E-state index is 5.79. The first-order valence-electron chi connectivity index (χ1n) is 5.67. The van der Waals surface area contributed by atoms with Gasteiger partial charge in [-0.3, -0.25) is 0 Å². The van der Waals surface area contributed by atoms with Crippen molar-refractivity contribution in [2.75, 3.05) is 6.54 Å². The monoisotopic (exact) mass is 189 g/mol. The van der Waals surface area contributed by atoms with E-state index in [1.54, 1.807) is 5.56 Å². The van der Waals surface area contributed by atoms with Gasteiger partial charge in [0.05, 0.1) is 0 Å². The van der Waals surface area contributed by atoms with E-state index < -0.39 is 0 Å². The fourth-order valence-electron chi connectivity index (χ4n) is 2.43. The Kier molecular flexibility index (Phi) is 2.87. The van der Waals surface area contributed by atoms with Gasteiger partial charge < -0.3 is 5.73 Å². The Balaban J connectivity index is 2.35. The molecule has 1 heteroatoms. The van der Waals surface area contributed by atoms with E-state index in [1.807, 2.05) is 0 Å². The smallest absolute Gasteiger partial charge is 0.000813 e. The van der Waals surface area contributed by atoms with Gasteiger partial charge in [-0.1, -0.05) is 25.1 Å². The number of aryl methyl sites for hydroxylation is 2. The van der Waals surface area contributed by atoms with Crippen LogP contribution in [0.15, 0.2) is 18.2 Å². The summed E-state index contributed by atoms with van der Waals surface area (Å²) in [4.78, 5) is 0. The quantitative estimate of drug-likeness (QED) is 0.760. The average molecular weight is 189 g/mol. The largest absolute Gasteiger partial charge is 0.330 e. The van der Waals surface area contributed by atoms with E-state index in [2.05, 4.69) is 25.1 Å². The molecule has 2 rings (SSSR count). The lowest BCUT2D eigenvalue weighted by Gasteiger charge is -2.24. The zero-order valence-electron chi connectivity index (χ0n) is 8.92. The summed E-state index contributed by atoms with van der Waals surface area (Å²) >= 11 is 0. The lowest BCUT2D eigenvalue weighted by atomic mass is 9.82. The summed E-state index contributed by atoms with van der Waals surface area (Å²) in [7, 11) is 0. The first-order chi connectivity index (χ1) is 6.85. The second-order valence-corrected chi connectivity index (χ2v) is 4.21. The van der Waals surface area contributed by atoms with Crippen molar-refractivity contribution >= 4 is 0 Å². The number of benzene rings is 1. The molecule has 1 nitrogen and oxygen atoms in total. The molecule has 1 aliphatic carbocycles. The third-order valence-corrected chi connectivity index (χ3v) is 3.34. The Morgan fingerprint density at radius 2 is 2.29 bits per heavy atom.